The molecule has 0 aliphatic carbocycles. The van der Waals surface area contributed by atoms with Crippen molar-refractivity contribution in [2.45, 2.75) is 57.9 Å². The number of nitrogens with zero attached hydrogens (tertiary/aromatic N) is 2. The topological polar surface area (TPSA) is 43.8 Å². The van der Waals surface area contributed by atoms with Gasteiger partial charge in [0, 0.05) is 25.6 Å². The fourth-order valence-corrected chi connectivity index (χ4v) is 3.72. The summed E-state index contributed by atoms with van der Waals surface area (Å²) in [6, 6.07) is 0.756. The zero-order valence-electron chi connectivity index (χ0n) is 12.9. The predicted octanol–water partition coefficient (Wildman–Crippen LogP) is 2.44. The van der Waals surface area contributed by atoms with Crippen LogP contribution in [0.1, 0.15) is 51.9 Å². The van der Waals surface area contributed by atoms with Gasteiger partial charge in [-0.15, -0.1) is 0 Å². The fraction of sp³-hybridized carbons (Fsp3) is 0.938. The molecule has 0 radical (unpaired) electrons. The van der Waals surface area contributed by atoms with E-state index in [-0.39, 0.29) is 0 Å². The summed E-state index contributed by atoms with van der Waals surface area (Å²) in [5.74, 6) is 0.120. The van der Waals surface area contributed by atoms with Crippen LogP contribution >= 0.6 is 0 Å². The Bertz CT molecular complexity index is 309. The summed E-state index contributed by atoms with van der Waals surface area (Å²) in [5, 5.41) is 8.72. The molecule has 0 amide bonds. The molecular weight excluding hydrogens is 252 g/mol. The number of hydrogen-bond donors (Lipinski definition) is 1. The van der Waals surface area contributed by atoms with Crippen LogP contribution in [0.2, 0.25) is 0 Å². The van der Waals surface area contributed by atoms with Crippen LogP contribution in [-0.2, 0) is 4.79 Å². The number of carbonyl (C=O) groups is 1. The maximum absolute atomic E-state index is 10.6. The van der Waals surface area contributed by atoms with Gasteiger partial charge in [-0.25, -0.2) is 0 Å². The molecule has 0 unspecified atom stereocenters. The molecule has 0 aromatic carbocycles. The smallest absolute Gasteiger partial charge is 0.303 e. The first-order chi connectivity index (χ1) is 9.65. The molecule has 20 heavy (non-hydrogen) atoms. The zero-order chi connectivity index (χ0) is 14.4. The van der Waals surface area contributed by atoms with Gasteiger partial charge in [-0.05, 0) is 64.6 Å². The second-order valence-electron chi connectivity index (χ2n) is 6.65. The van der Waals surface area contributed by atoms with E-state index < -0.39 is 5.97 Å². The third kappa shape index (κ3) is 5.06. The van der Waals surface area contributed by atoms with Gasteiger partial charge in [0.15, 0.2) is 0 Å². The zero-order valence-corrected chi connectivity index (χ0v) is 12.9. The fourth-order valence-electron chi connectivity index (χ4n) is 3.72. The van der Waals surface area contributed by atoms with Crippen molar-refractivity contribution in [2.24, 2.45) is 5.92 Å². The van der Waals surface area contributed by atoms with E-state index in [1.807, 2.05) is 0 Å². The lowest BCUT2D eigenvalue weighted by molar-refractivity contribution is -0.137. The molecule has 0 bridgehead atoms. The molecule has 2 heterocycles. The lowest BCUT2D eigenvalue weighted by Gasteiger charge is -2.39. The number of piperidine rings is 2. The molecule has 2 saturated heterocycles. The average molecular weight is 282 g/mol. The molecule has 2 fully saturated rings. The SMILES string of the molecule is C[C@@H]1CCCCN1C[C@@H]1CCCN(CCCC(=O)O)C1. The van der Waals surface area contributed by atoms with E-state index in [1.165, 1.54) is 51.7 Å². The summed E-state index contributed by atoms with van der Waals surface area (Å²) in [7, 11) is 0. The van der Waals surface area contributed by atoms with Crippen LogP contribution in [0.4, 0.5) is 0 Å². The van der Waals surface area contributed by atoms with Crippen molar-refractivity contribution in [1.82, 2.24) is 9.80 Å². The Morgan fingerprint density at radius 1 is 1.20 bits per heavy atom. The van der Waals surface area contributed by atoms with E-state index in [0.717, 1.165) is 31.5 Å². The summed E-state index contributed by atoms with van der Waals surface area (Å²) in [5.41, 5.74) is 0. The van der Waals surface area contributed by atoms with Gasteiger partial charge in [0.1, 0.15) is 0 Å². The Hall–Kier alpha value is -0.610. The number of hydrogen-bond acceptors (Lipinski definition) is 3. The molecule has 0 saturated carbocycles. The predicted molar refractivity (Wildman–Crippen MR) is 80.9 cm³/mol. The molecule has 2 aliphatic rings. The lowest BCUT2D eigenvalue weighted by atomic mass is 9.94. The molecule has 2 atom stereocenters. The lowest BCUT2D eigenvalue weighted by Crippen LogP contribution is -2.45. The van der Waals surface area contributed by atoms with Crippen LogP contribution in [-0.4, -0.2) is 59.6 Å². The van der Waals surface area contributed by atoms with E-state index >= 15 is 0 Å². The summed E-state index contributed by atoms with van der Waals surface area (Å²) in [4.78, 5) is 15.7. The number of likely N-dealkylation sites (tertiary alicyclic amines) is 2. The van der Waals surface area contributed by atoms with E-state index in [1.54, 1.807) is 0 Å². The monoisotopic (exact) mass is 282 g/mol. The molecule has 4 nitrogen and oxygen atoms in total. The van der Waals surface area contributed by atoms with Gasteiger partial charge >= 0.3 is 5.97 Å². The van der Waals surface area contributed by atoms with Gasteiger partial charge in [0.25, 0.3) is 0 Å². The molecule has 2 rings (SSSR count). The van der Waals surface area contributed by atoms with Crippen LogP contribution in [0.25, 0.3) is 0 Å². The van der Waals surface area contributed by atoms with E-state index in [9.17, 15) is 4.79 Å². The Morgan fingerprint density at radius 2 is 2.05 bits per heavy atom. The third-order valence-electron chi connectivity index (χ3n) is 4.90. The highest BCUT2D eigenvalue weighted by Gasteiger charge is 2.25. The summed E-state index contributed by atoms with van der Waals surface area (Å²) in [6.45, 7) is 8.17. The highest BCUT2D eigenvalue weighted by molar-refractivity contribution is 5.66. The van der Waals surface area contributed by atoms with E-state index in [0.29, 0.717) is 6.42 Å². The van der Waals surface area contributed by atoms with Crippen molar-refractivity contribution in [3.05, 3.63) is 0 Å². The largest absolute Gasteiger partial charge is 0.481 e. The van der Waals surface area contributed by atoms with Crippen LogP contribution in [0.5, 0.6) is 0 Å². The first kappa shape index (κ1) is 15.8. The van der Waals surface area contributed by atoms with Gasteiger partial charge in [0.05, 0.1) is 0 Å². The second-order valence-corrected chi connectivity index (χ2v) is 6.65. The van der Waals surface area contributed by atoms with Crippen molar-refractivity contribution < 1.29 is 9.90 Å². The van der Waals surface area contributed by atoms with Crippen LogP contribution in [0, 0.1) is 5.92 Å². The van der Waals surface area contributed by atoms with Gasteiger partial charge < -0.3 is 14.9 Å². The van der Waals surface area contributed by atoms with Crippen molar-refractivity contribution in [2.75, 3.05) is 32.7 Å². The van der Waals surface area contributed by atoms with Gasteiger partial charge in [0.2, 0.25) is 0 Å². The number of rotatable bonds is 6. The van der Waals surface area contributed by atoms with Crippen LogP contribution in [0.15, 0.2) is 0 Å². The molecule has 116 valence electrons. The standard InChI is InChI=1S/C16H30N2O2/c1-14-6-2-3-11-18(14)13-15-7-4-9-17(12-15)10-5-8-16(19)20/h14-15H,2-13H2,1H3,(H,19,20)/t14-,15-/m1/s1. The Balaban J connectivity index is 1.71. The second kappa shape index (κ2) is 7.99. The molecule has 0 aromatic heterocycles. The van der Waals surface area contributed by atoms with Crippen LogP contribution in [0.3, 0.4) is 0 Å². The first-order valence-corrected chi connectivity index (χ1v) is 8.33. The highest BCUT2D eigenvalue weighted by atomic mass is 16.4. The van der Waals surface area contributed by atoms with Gasteiger partial charge in [-0.2, -0.15) is 0 Å². The van der Waals surface area contributed by atoms with Gasteiger partial charge in [-0.1, -0.05) is 6.42 Å². The summed E-state index contributed by atoms with van der Waals surface area (Å²) >= 11 is 0. The summed E-state index contributed by atoms with van der Waals surface area (Å²) in [6.07, 6.45) is 7.84. The first-order valence-electron chi connectivity index (χ1n) is 8.33. The molecule has 2 aliphatic heterocycles. The van der Waals surface area contributed by atoms with Crippen molar-refractivity contribution in [1.29, 1.82) is 0 Å². The minimum Gasteiger partial charge on any atom is -0.481 e. The Kier molecular flexibility index (Phi) is 6.30. The van der Waals surface area contributed by atoms with Gasteiger partial charge in [-0.3, -0.25) is 4.79 Å². The highest BCUT2D eigenvalue weighted by Crippen LogP contribution is 2.22. The number of carboxylic acid groups (broad SMARTS) is 1. The number of carboxylic acids is 1. The van der Waals surface area contributed by atoms with Crippen LogP contribution < -0.4 is 0 Å². The molecule has 4 heteroatoms. The summed E-state index contributed by atoms with van der Waals surface area (Å²) < 4.78 is 0. The third-order valence-corrected chi connectivity index (χ3v) is 4.90. The number of aliphatic carboxylic acids is 1. The molecule has 1 N–H and O–H groups in total. The minimum atomic E-state index is -0.666. The molecule has 0 spiro atoms. The van der Waals surface area contributed by atoms with Crippen molar-refractivity contribution in [3.8, 4) is 0 Å². The van der Waals surface area contributed by atoms with Crippen molar-refractivity contribution in [3.63, 3.8) is 0 Å². The normalized spacial score (nSPS) is 29.4. The van der Waals surface area contributed by atoms with E-state index in [4.69, 9.17) is 5.11 Å². The van der Waals surface area contributed by atoms with Crippen molar-refractivity contribution >= 4 is 5.97 Å². The molecule has 0 aromatic rings. The quantitative estimate of drug-likeness (QED) is 0.812. The maximum atomic E-state index is 10.6. The maximum Gasteiger partial charge on any atom is 0.303 e. The minimum absolute atomic E-state index is 0.310. The Morgan fingerprint density at radius 3 is 2.80 bits per heavy atom. The molecular formula is C16H30N2O2. The average Bonchev–Trinajstić information content (AvgIpc) is 2.41. The van der Waals surface area contributed by atoms with E-state index in [2.05, 4.69) is 16.7 Å². The Labute approximate surface area is 123 Å².